The van der Waals surface area contributed by atoms with E-state index in [1.54, 1.807) is 18.2 Å². The van der Waals surface area contributed by atoms with Crippen LogP contribution in [0, 0.1) is 4.77 Å². The second kappa shape index (κ2) is 6.31. The molecule has 1 aromatic heterocycles. The molecule has 1 heterocycles. The van der Waals surface area contributed by atoms with Gasteiger partial charge in [-0.3, -0.25) is 19.4 Å². The van der Waals surface area contributed by atoms with Crippen LogP contribution >= 0.6 is 12.2 Å². The standard InChI is InChI=1S/C13H14N4O3S/c1-14-10(18)4-5-15-11(19)7-2-3-8-9(6-7)16-13(21)17-12(8)20/h2-3,6H,4-5H2,1H3,(H,14,18)(H,15,19)(H2,16,17,20,21). The van der Waals surface area contributed by atoms with Gasteiger partial charge in [0.25, 0.3) is 11.5 Å². The Morgan fingerprint density at radius 2 is 2.05 bits per heavy atom. The fraction of sp³-hybridized carbons (Fsp3) is 0.231. The normalized spacial score (nSPS) is 10.3. The minimum atomic E-state index is -0.319. The van der Waals surface area contributed by atoms with Gasteiger partial charge in [0.2, 0.25) is 5.91 Å². The third kappa shape index (κ3) is 3.54. The van der Waals surface area contributed by atoms with Gasteiger partial charge in [0.05, 0.1) is 10.9 Å². The van der Waals surface area contributed by atoms with Gasteiger partial charge in [-0.2, -0.15) is 0 Å². The molecule has 0 radical (unpaired) electrons. The van der Waals surface area contributed by atoms with Gasteiger partial charge in [0.15, 0.2) is 4.77 Å². The molecule has 1 aromatic carbocycles. The van der Waals surface area contributed by atoms with Crippen LogP contribution in [0.4, 0.5) is 0 Å². The number of amides is 2. The summed E-state index contributed by atoms with van der Waals surface area (Å²) in [6.07, 6.45) is 0.206. The Kier molecular flexibility index (Phi) is 4.49. The van der Waals surface area contributed by atoms with Crippen molar-refractivity contribution in [1.29, 1.82) is 0 Å². The zero-order chi connectivity index (χ0) is 15.4. The largest absolute Gasteiger partial charge is 0.359 e. The van der Waals surface area contributed by atoms with Crippen molar-refractivity contribution in [2.24, 2.45) is 0 Å². The zero-order valence-corrected chi connectivity index (χ0v) is 12.1. The SMILES string of the molecule is CNC(=O)CCNC(=O)c1ccc2c(=O)[nH]c(=S)[nH]c2c1. The highest BCUT2D eigenvalue weighted by atomic mass is 32.1. The van der Waals surface area contributed by atoms with Crippen LogP contribution in [-0.4, -0.2) is 35.4 Å². The van der Waals surface area contributed by atoms with E-state index in [0.29, 0.717) is 16.5 Å². The molecule has 21 heavy (non-hydrogen) atoms. The van der Waals surface area contributed by atoms with Gasteiger partial charge in [-0.25, -0.2) is 0 Å². The number of benzene rings is 1. The van der Waals surface area contributed by atoms with Crippen LogP contribution < -0.4 is 16.2 Å². The summed E-state index contributed by atoms with van der Waals surface area (Å²) in [7, 11) is 1.53. The van der Waals surface area contributed by atoms with Crippen molar-refractivity contribution >= 4 is 34.9 Å². The average molecular weight is 306 g/mol. The number of carbonyl (C=O) groups is 2. The molecule has 110 valence electrons. The Morgan fingerprint density at radius 1 is 1.29 bits per heavy atom. The van der Waals surface area contributed by atoms with Gasteiger partial charge < -0.3 is 15.6 Å². The van der Waals surface area contributed by atoms with Crippen LogP contribution in [0.1, 0.15) is 16.8 Å². The number of H-pyrrole nitrogens is 2. The van der Waals surface area contributed by atoms with Gasteiger partial charge in [-0.1, -0.05) is 0 Å². The van der Waals surface area contributed by atoms with Gasteiger partial charge in [-0.15, -0.1) is 0 Å². The molecular formula is C13H14N4O3S. The number of carbonyl (C=O) groups excluding carboxylic acids is 2. The molecule has 0 fully saturated rings. The molecule has 0 unspecified atom stereocenters. The lowest BCUT2D eigenvalue weighted by molar-refractivity contribution is -0.120. The summed E-state index contributed by atoms with van der Waals surface area (Å²) >= 11 is 4.89. The molecule has 0 saturated heterocycles. The van der Waals surface area contributed by atoms with Crippen molar-refractivity contribution in [2.45, 2.75) is 6.42 Å². The molecule has 7 nitrogen and oxygen atoms in total. The molecule has 0 aliphatic rings. The molecular weight excluding hydrogens is 292 g/mol. The molecule has 0 aliphatic heterocycles. The Balaban J connectivity index is 2.19. The summed E-state index contributed by atoms with van der Waals surface area (Å²) in [5.41, 5.74) is 0.568. The number of rotatable bonds is 4. The second-order valence-corrected chi connectivity index (χ2v) is 4.76. The summed E-state index contributed by atoms with van der Waals surface area (Å²) in [6, 6.07) is 4.65. The Morgan fingerprint density at radius 3 is 2.76 bits per heavy atom. The Bertz CT molecular complexity index is 809. The third-order valence-electron chi connectivity index (χ3n) is 2.92. The summed E-state index contributed by atoms with van der Waals surface area (Å²) < 4.78 is 0.199. The predicted molar refractivity (Wildman–Crippen MR) is 80.8 cm³/mol. The first kappa shape index (κ1) is 14.9. The van der Waals surface area contributed by atoms with E-state index in [4.69, 9.17) is 12.2 Å². The summed E-state index contributed by atoms with van der Waals surface area (Å²) in [4.78, 5) is 40.0. The molecule has 0 aliphatic carbocycles. The number of nitrogens with one attached hydrogen (secondary N) is 4. The first-order chi connectivity index (χ1) is 10.0. The number of hydrogen-bond donors (Lipinski definition) is 4. The van der Waals surface area contributed by atoms with Crippen molar-refractivity contribution in [2.75, 3.05) is 13.6 Å². The van der Waals surface area contributed by atoms with Crippen molar-refractivity contribution in [3.05, 3.63) is 38.9 Å². The maximum absolute atomic E-state index is 12.0. The van der Waals surface area contributed by atoms with Crippen LogP contribution in [0.3, 0.4) is 0 Å². The van der Waals surface area contributed by atoms with Crippen molar-refractivity contribution in [3.63, 3.8) is 0 Å². The third-order valence-corrected chi connectivity index (χ3v) is 3.12. The van der Waals surface area contributed by atoms with Crippen LogP contribution in [0.25, 0.3) is 10.9 Å². The monoisotopic (exact) mass is 306 g/mol. The minimum Gasteiger partial charge on any atom is -0.359 e. The number of hydrogen-bond acceptors (Lipinski definition) is 4. The molecule has 2 aromatic rings. The average Bonchev–Trinajstić information content (AvgIpc) is 2.46. The molecule has 8 heteroatoms. The minimum absolute atomic E-state index is 0.149. The molecule has 4 N–H and O–H groups in total. The van der Waals surface area contributed by atoms with E-state index in [1.165, 1.54) is 7.05 Å². The lowest BCUT2D eigenvalue weighted by atomic mass is 10.1. The van der Waals surface area contributed by atoms with Crippen LogP contribution in [0.2, 0.25) is 0 Å². The van der Waals surface area contributed by atoms with Gasteiger partial charge >= 0.3 is 0 Å². The highest BCUT2D eigenvalue weighted by Gasteiger charge is 2.08. The number of aromatic nitrogens is 2. The Hall–Kier alpha value is -2.48. The predicted octanol–water partition coefficient (Wildman–Crippen LogP) is 0.452. The lowest BCUT2D eigenvalue weighted by Gasteiger charge is -2.05. The maximum Gasteiger partial charge on any atom is 0.259 e. The zero-order valence-electron chi connectivity index (χ0n) is 11.3. The fourth-order valence-corrected chi connectivity index (χ4v) is 2.03. The van der Waals surface area contributed by atoms with E-state index in [2.05, 4.69) is 20.6 Å². The smallest absolute Gasteiger partial charge is 0.259 e. The lowest BCUT2D eigenvalue weighted by Crippen LogP contribution is -2.29. The molecule has 0 bridgehead atoms. The van der Waals surface area contributed by atoms with Crippen molar-refractivity contribution in [3.8, 4) is 0 Å². The topological polar surface area (TPSA) is 107 Å². The molecule has 0 spiro atoms. The molecule has 0 atom stereocenters. The maximum atomic E-state index is 12.0. The van der Waals surface area contributed by atoms with Gasteiger partial charge in [0, 0.05) is 25.6 Å². The van der Waals surface area contributed by atoms with Crippen molar-refractivity contribution in [1.82, 2.24) is 20.6 Å². The summed E-state index contributed by atoms with van der Waals surface area (Å²) in [5, 5.41) is 5.52. The quantitative estimate of drug-likeness (QED) is 0.615. The first-order valence-electron chi connectivity index (χ1n) is 6.26. The molecule has 2 amide bonds. The van der Waals surface area contributed by atoms with Crippen molar-refractivity contribution < 1.29 is 9.59 Å². The number of fused-ring (bicyclic) bond motifs is 1. The van der Waals surface area contributed by atoms with Gasteiger partial charge in [-0.05, 0) is 30.4 Å². The van der Waals surface area contributed by atoms with E-state index in [9.17, 15) is 14.4 Å². The van der Waals surface area contributed by atoms with E-state index < -0.39 is 0 Å². The highest BCUT2D eigenvalue weighted by Crippen LogP contribution is 2.09. The van der Waals surface area contributed by atoms with E-state index in [0.717, 1.165) is 0 Å². The molecule has 2 rings (SSSR count). The Labute approximate surface area is 124 Å². The highest BCUT2D eigenvalue weighted by molar-refractivity contribution is 7.71. The molecule has 0 saturated carbocycles. The van der Waals surface area contributed by atoms with Crippen LogP contribution in [-0.2, 0) is 4.79 Å². The van der Waals surface area contributed by atoms with Gasteiger partial charge in [0.1, 0.15) is 0 Å². The number of aromatic amines is 2. The second-order valence-electron chi connectivity index (χ2n) is 4.35. The summed E-state index contributed by atoms with van der Waals surface area (Å²) in [6.45, 7) is 0.238. The van der Waals surface area contributed by atoms with E-state index in [-0.39, 0.29) is 35.1 Å². The van der Waals surface area contributed by atoms with E-state index in [1.807, 2.05) is 0 Å². The van der Waals surface area contributed by atoms with Crippen LogP contribution in [0.5, 0.6) is 0 Å². The first-order valence-corrected chi connectivity index (χ1v) is 6.67. The summed E-state index contributed by atoms with van der Waals surface area (Å²) in [5.74, 6) is -0.468. The van der Waals surface area contributed by atoms with E-state index >= 15 is 0 Å². The van der Waals surface area contributed by atoms with Crippen LogP contribution in [0.15, 0.2) is 23.0 Å². The fourth-order valence-electron chi connectivity index (χ4n) is 1.83.